The summed E-state index contributed by atoms with van der Waals surface area (Å²) in [4.78, 5) is 3.80. The average molecular weight is 522 g/mol. The summed E-state index contributed by atoms with van der Waals surface area (Å²) in [6.45, 7) is 6.90. The summed E-state index contributed by atoms with van der Waals surface area (Å²) in [6.07, 6.45) is 8.70. The second kappa shape index (κ2) is 11.2. The minimum Gasteiger partial charge on any atom is -0.862 e. The second-order valence-corrected chi connectivity index (χ2v) is 14.1. The fourth-order valence-electron chi connectivity index (χ4n) is 9.17. The Morgan fingerprint density at radius 3 is 2.37 bits per heavy atom. The largest absolute Gasteiger partial charge is 1.00 e. The van der Waals surface area contributed by atoms with Crippen molar-refractivity contribution in [2.24, 2.45) is 51.3 Å². The Morgan fingerprint density at radius 2 is 1.69 bits per heavy atom. The first kappa shape index (κ1) is 29.9. The molecule has 0 radical (unpaired) electrons. The van der Waals surface area contributed by atoms with E-state index >= 15 is 0 Å². The second-order valence-electron chi connectivity index (χ2n) is 12.5. The van der Waals surface area contributed by atoms with Crippen LogP contribution in [0.1, 0.15) is 85.0 Å². The Balaban J connectivity index is 0.00000342. The van der Waals surface area contributed by atoms with Crippen LogP contribution in [-0.2, 0) is 10.1 Å². The number of nitrogens with zero attached hydrogens (tertiary/aromatic N) is 1. The van der Waals surface area contributed by atoms with Crippen LogP contribution in [0.15, 0.2) is 4.99 Å². The van der Waals surface area contributed by atoms with Crippen LogP contribution < -0.4 is 34.7 Å². The predicted molar refractivity (Wildman–Crippen MR) is 130 cm³/mol. The van der Waals surface area contributed by atoms with Crippen LogP contribution in [0, 0.1) is 46.3 Å². The van der Waals surface area contributed by atoms with Gasteiger partial charge in [0.05, 0.1) is 24.5 Å². The zero-order chi connectivity index (χ0) is 24.9. The van der Waals surface area contributed by atoms with Crippen LogP contribution in [0.4, 0.5) is 0 Å². The molecule has 0 unspecified atom stereocenters. The van der Waals surface area contributed by atoms with Gasteiger partial charge >= 0.3 is 29.6 Å². The van der Waals surface area contributed by atoms with Crippen molar-refractivity contribution in [1.82, 2.24) is 0 Å². The summed E-state index contributed by atoms with van der Waals surface area (Å²) in [5.41, 5.74) is 0.353. The van der Waals surface area contributed by atoms with E-state index in [0.29, 0.717) is 36.0 Å². The number of fused-ring (bicyclic) bond motifs is 5. The number of hydrogen-bond acceptors (Lipinski definition) is 6. The summed E-state index contributed by atoms with van der Waals surface area (Å²) in [5.74, 6) is 2.12. The smallest absolute Gasteiger partial charge is 0.862 e. The van der Waals surface area contributed by atoms with Gasteiger partial charge in [-0.25, -0.2) is 0 Å². The molecule has 0 aromatic rings. The van der Waals surface area contributed by atoms with E-state index in [1.807, 2.05) is 0 Å². The van der Waals surface area contributed by atoms with E-state index in [4.69, 9.17) is 4.55 Å². The van der Waals surface area contributed by atoms with Crippen molar-refractivity contribution >= 4 is 16.0 Å². The summed E-state index contributed by atoms with van der Waals surface area (Å²) >= 11 is 0. The molecule has 4 aliphatic rings. The summed E-state index contributed by atoms with van der Waals surface area (Å²) in [5, 5.41) is 33.6. The van der Waals surface area contributed by atoms with Crippen molar-refractivity contribution in [1.29, 1.82) is 0 Å². The van der Waals surface area contributed by atoms with E-state index in [-0.39, 0.29) is 71.0 Å². The zero-order valence-electron chi connectivity index (χ0n) is 22.0. The maximum absolute atomic E-state index is 12.1. The number of hydrogen-bond donors (Lipinski definition) is 3. The normalized spacial score (nSPS) is 44.5. The number of aliphatic hydroxyl groups is 2. The molecule has 4 saturated carbocycles. The van der Waals surface area contributed by atoms with Crippen molar-refractivity contribution in [3.8, 4) is 0 Å². The molecule has 0 bridgehead atoms. The van der Waals surface area contributed by atoms with Crippen LogP contribution in [0.25, 0.3) is 0 Å². The number of aliphatic hydroxyl groups excluding tert-OH is 2. The summed E-state index contributed by atoms with van der Waals surface area (Å²) in [6, 6.07) is 0. The van der Waals surface area contributed by atoms with Crippen LogP contribution >= 0.6 is 0 Å². The molecule has 0 aromatic carbocycles. The van der Waals surface area contributed by atoms with E-state index in [2.05, 4.69) is 25.8 Å². The van der Waals surface area contributed by atoms with Gasteiger partial charge in [-0.05, 0) is 116 Å². The molecular weight excluding hydrogens is 477 g/mol. The molecule has 0 heterocycles. The minimum atomic E-state index is -4.09. The molecule has 10 atom stereocenters. The monoisotopic (exact) mass is 521 g/mol. The van der Waals surface area contributed by atoms with Crippen molar-refractivity contribution < 1.29 is 57.8 Å². The topological polar surface area (TPSA) is 130 Å². The molecule has 0 spiro atoms. The van der Waals surface area contributed by atoms with Gasteiger partial charge in [0.25, 0.3) is 10.1 Å². The fourth-order valence-corrected chi connectivity index (χ4v) is 9.49. The molecule has 4 rings (SSSR count). The van der Waals surface area contributed by atoms with Gasteiger partial charge in [0.1, 0.15) is 0 Å². The standard InChI is InChI=1S/C26H45NO6S.Na/c1-16(4-7-24(30)27-12-13-34(31,32)33)19-5-6-20-18-15-23(29)22-14-17(28)8-10-26(22,3)21(18)9-11-25(19,20)2;/h16-23,28-29H,4-15H2,1-3H3,(H,27,30)(H,31,32,33);/q;+1/p-1/t16-,17-,18+,19-,20+,21+,22+,23+,25-,26-;/m1./s1. The Hall–Kier alpha value is 0.300. The van der Waals surface area contributed by atoms with E-state index in [0.717, 1.165) is 38.5 Å². The van der Waals surface area contributed by atoms with Crippen LogP contribution in [0.5, 0.6) is 0 Å². The first-order valence-corrected chi connectivity index (χ1v) is 15.0. The Morgan fingerprint density at radius 1 is 1.03 bits per heavy atom. The van der Waals surface area contributed by atoms with Crippen LogP contribution in [-0.4, -0.2) is 53.6 Å². The third-order valence-corrected chi connectivity index (χ3v) is 11.6. The molecule has 4 fully saturated rings. The molecular formula is C26H44NNaO6S. The van der Waals surface area contributed by atoms with Crippen LogP contribution in [0.2, 0.25) is 0 Å². The van der Waals surface area contributed by atoms with E-state index < -0.39 is 15.9 Å². The van der Waals surface area contributed by atoms with Gasteiger partial charge in [-0.2, -0.15) is 8.42 Å². The molecule has 4 aliphatic carbocycles. The third-order valence-electron chi connectivity index (χ3n) is 10.9. The molecule has 0 aliphatic heterocycles. The van der Waals surface area contributed by atoms with Gasteiger partial charge in [-0.3, -0.25) is 4.55 Å². The van der Waals surface area contributed by atoms with Gasteiger partial charge < -0.3 is 20.3 Å². The summed E-state index contributed by atoms with van der Waals surface area (Å²) in [7, 11) is -4.09. The summed E-state index contributed by atoms with van der Waals surface area (Å²) < 4.78 is 30.4. The molecule has 0 saturated heterocycles. The molecule has 7 nitrogen and oxygen atoms in total. The predicted octanol–water partition coefficient (Wildman–Crippen LogP) is 0.0439. The van der Waals surface area contributed by atoms with Crippen molar-refractivity contribution in [2.45, 2.75) is 97.2 Å². The van der Waals surface area contributed by atoms with E-state index in [1.54, 1.807) is 0 Å². The van der Waals surface area contributed by atoms with Gasteiger partial charge in [0.2, 0.25) is 0 Å². The molecule has 0 aromatic heterocycles. The van der Waals surface area contributed by atoms with E-state index in [9.17, 15) is 23.7 Å². The quantitative estimate of drug-likeness (QED) is 0.188. The van der Waals surface area contributed by atoms with Crippen molar-refractivity contribution in [2.75, 3.05) is 12.3 Å². The zero-order valence-corrected chi connectivity index (χ0v) is 24.8. The Bertz CT molecular complexity index is 883. The SMILES string of the molecule is C[C@H](CCC([O-])=NCCS(=O)(=O)O)[C@H]1CC[C@H]2[C@@H]3C[C@H](O)[C@@H]4C[C@H](O)CC[C@]4(C)[C@H]3CC[C@]12C.[Na+]. The van der Waals surface area contributed by atoms with Crippen molar-refractivity contribution in [3.63, 3.8) is 0 Å². The van der Waals surface area contributed by atoms with Crippen molar-refractivity contribution in [3.05, 3.63) is 0 Å². The first-order valence-electron chi connectivity index (χ1n) is 13.4. The van der Waals surface area contributed by atoms with Gasteiger partial charge in [-0.1, -0.05) is 20.8 Å². The molecule has 9 heteroatoms. The maximum atomic E-state index is 12.1. The maximum Gasteiger partial charge on any atom is 1.00 e. The van der Waals surface area contributed by atoms with Gasteiger partial charge in [0.15, 0.2) is 0 Å². The molecule has 0 amide bonds. The van der Waals surface area contributed by atoms with Crippen LogP contribution in [0.3, 0.4) is 0 Å². The van der Waals surface area contributed by atoms with Gasteiger partial charge in [0, 0.05) is 0 Å². The number of aliphatic imine (C=N–C) groups is 1. The molecule has 196 valence electrons. The minimum absolute atomic E-state index is 0. The fraction of sp³-hybridized carbons (Fsp3) is 0.962. The Labute approximate surface area is 233 Å². The van der Waals surface area contributed by atoms with Gasteiger partial charge in [-0.15, -0.1) is 0 Å². The Kier molecular flexibility index (Phi) is 9.54. The third kappa shape index (κ3) is 5.99. The molecule has 3 N–H and O–H groups in total. The number of rotatable bonds is 7. The first-order chi connectivity index (χ1) is 15.8. The average Bonchev–Trinajstić information content (AvgIpc) is 3.10. The van der Waals surface area contributed by atoms with E-state index in [1.165, 1.54) is 19.3 Å². The molecule has 35 heavy (non-hydrogen) atoms.